The van der Waals surface area contributed by atoms with E-state index in [1.165, 1.54) is 27.5 Å². The van der Waals surface area contributed by atoms with E-state index in [0.717, 1.165) is 25.8 Å². The van der Waals surface area contributed by atoms with E-state index in [4.69, 9.17) is 0 Å². The zero-order valence-corrected chi connectivity index (χ0v) is 14.8. The Morgan fingerprint density at radius 1 is 0.920 bits per heavy atom. The molecule has 0 heterocycles. The van der Waals surface area contributed by atoms with Gasteiger partial charge < -0.3 is 5.32 Å². The molecule has 2 nitrogen and oxygen atoms in total. The fraction of sp³-hybridized carbons (Fsp3) is 0.261. The van der Waals surface area contributed by atoms with Crippen LogP contribution < -0.4 is 5.32 Å². The van der Waals surface area contributed by atoms with E-state index in [-0.39, 0.29) is 5.91 Å². The standard InChI is InChI=1S/C23H25NO/c1-18-7-4-8-19(17-18)9-6-16-24-23(25)15-14-21-12-5-11-20-10-2-3-13-22(20)21/h2-5,7-8,10-13,17H,6,9,14-16H2,1H3,(H,24,25). The number of hydrogen-bond acceptors (Lipinski definition) is 1. The SMILES string of the molecule is Cc1cccc(CCCNC(=O)CCc2cccc3ccccc23)c1. The molecule has 25 heavy (non-hydrogen) atoms. The Hall–Kier alpha value is -2.61. The summed E-state index contributed by atoms with van der Waals surface area (Å²) in [6.45, 7) is 2.85. The van der Waals surface area contributed by atoms with Crippen molar-refractivity contribution in [3.8, 4) is 0 Å². The van der Waals surface area contributed by atoms with Crippen LogP contribution in [0.1, 0.15) is 29.5 Å². The molecule has 0 radical (unpaired) electrons. The summed E-state index contributed by atoms with van der Waals surface area (Å²) >= 11 is 0. The van der Waals surface area contributed by atoms with E-state index in [2.05, 4.69) is 72.9 Å². The molecule has 0 spiro atoms. The molecule has 0 bridgehead atoms. The van der Waals surface area contributed by atoms with E-state index in [1.54, 1.807) is 0 Å². The second kappa shape index (κ2) is 8.48. The molecule has 3 aromatic rings. The molecule has 0 aliphatic rings. The van der Waals surface area contributed by atoms with Gasteiger partial charge in [-0.3, -0.25) is 4.79 Å². The quantitative estimate of drug-likeness (QED) is 0.617. The van der Waals surface area contributed by atoms with E-state index in [9.17, 15) is 4.79 Å². The number of benzene rings is 3. The minimum Gasteiger partial charge on any atom is -0.356 e. The molecule has 0 fully saturated rings. The fourth-order valence-electron chi connectivity index (χ4n) is 3.24. The van der Waals surface area contributed by atoms with Crippen molar-refractivity contribution < 1.29 is 4.79 Å². The second-order valence-electron chi connectivity index (χ2n) is 6.58. The number of fused-ring (bicyclic) bond motifs is 1. The molecule has 3 aromatic carbocycles. The van der Waals surface area contributed by atoms with Gasteiger partial charge in [-0.1, -0.05) is 72.3 Å². The predicted molar refractivity (Wildman–Crippen MR) is 105 cm³/mol. The van der Waals surface area contributed by atoms with Crippen molar-refractivity contribution in [1.82, 2.24) is 5.32 Å². The summed E-state index contributed by atoms with van der Waals surface area (Å²) in [5.41, 5.74) is 3.87. The number of aryl methyl sites for hydroxylation is 3. The maximum absolute atomic E-state index is 12.1. The van der Waals surface area contributed by atoms with Gasteiger partial charge in [0.2, 0.25) is 5.91 Å². The number of nitrogens with one attached hydrogen (secondary N) is 1. The molecule has 2 heteroatoms. The van der Waals surface area contributed by atoms with Crippen LogP contribution in [0.5, 0.6) is 0 Å². The first-order valence-corrected chi connectivity index (χ1v) is 9.01. The third-order valence-corrected chi connectivity index (χ3v) is 4.55. The highest BCUT2D eigenvalue weighted by molar-refractivity contribution is 5.86. The number of carbonyl (C=O) groups is 1. The fourth-order valence-corrected chi connectivity index (χ4v) is 3.24. The first kappa shape index (κ1) is 17.2. The molecule has 0 saturated carbocycles. The van der Waals surface area contributed by atoms with E-state index >= 15 is 0 Å². The number of rotatable bonds is 7. The zero-order chi connectivity index (χ0) is 17.5. The lowest BCUT2D eigenvalue weighted by Crippen LogP contribution is -2.25. The molecular weight excluding hydrogens is 306 g/mol. The molecule has 1 N–H and O–H groups in total. The molecule has 128 valence electrons. The minimum atomic E-state index is 0.136. The van der Waals surface area contributed by atoms with Crippen LogP contribution >= 0.6 is 0 Å². The van der Waals surface area contributed by atoms with Gasteiger partial charge in [0.25, 0.3) is 0 Å². The van der Waals surface area contributed by atoms with Crippen molar-refractivity contribution in [2.45, 2.75) is 32.6 Å². The van der Waals surface area contributed by atoms with Crippen LogP contribution in [-0.2, 0) is 17.6 Å². The van der Waals surface area contributed by atoms with Gasteiger partial charge in [-0.05, 0) is 48.1 Å². The highest BCUT2D eigenvalue weighted by atomic mass is 16.1. The van der Waals surface area contributed by atoms with Crippen LogP contribution in [0.3, 0.4) is 0 Å². The van der Waals surface area contributed by atoms with Crippen LogP contribution in [0, 0.1) is 6.92 Å². The maximum atomic E-state index is 12.1. The Labute approximate surface area is 149 Å². The summed E-state index contributed by atoms with van der Waals surface area (Å²) in [6.07, 6.45) is 3.30. The Morgan fingerprint density at radius 3 is 2.60 bits per heavy atom. The van der Waals surface area contributed by atoms with Gasteiger partial charge >= 0.3 is 0 Å². The van der Waals surface area contributed by atoms with Crippen LogP contribution in [0.25, 0.3) is 10.8 Å². The van der Waals surface area contributed by atoms with Crippen molar-refractivity contribution in [3.63, 3.8) is 0 Å². The number of carbonyl (C=O) groups excluding carboxylic acids is 1. The van der Waals surface area contributed by atoms with Crippen molar-refractivity contribution in [1.29, 1.82) is 0 Å². The molecule has 0 atom stereocenters. The van der Waals surface area contributed by atoms with Crippen molar-refractivity contribution in [3.05, 3.63) is 83.4 Å². The van der Waals surface area contributed by atoms with Gasteiger partial charge in [-0.15, -0.1) is 0 Å². The summed E-state index contributed by atoms with van der Waals surface area (Å²) in [5.74, 6) is 0.136. The summed E-state index contributed by atoms with van der Waals surface area (Å²) in [6, 6.07) is 23.2. The lowest BCUT2D eigenvalue weighted by molar-refractivity contribution is -0.121. The Kier molecular flexibility index (Phi) is 5.84. The van der Waals surface area contributed by atoms with Gasteiger partial charge in [0.1, 0.15) is 0 Å². The molecule has 0 aliphatic carbocycles. The van der Waals surface area contributed by atoms with Crippen molar-refractivity contribution >= 4 is 16.7 Å². The number of hydrogen-bond donors (Lipinski definition) is 1. The third-order valence-electron chi connectivity index (χ3n) is 4.55. The van der Waals surface area contributed by atoms with Crippen molar-refractivity contribution in [2.24, 2.45) is 0 Å². The Morgan fingerprint density at radius 2 is 1.72 bits per heavy atom. The van der Waals surface area contributed by atoms with Crippen LogP contribution in [0.4, 0.5) is 0 Å². The third kappa shape index (κ3) is 4.93. The van der Waals surface area contributed by atoms with Gasteiger partial charge in [0.05, 0.1) is 0 Å². The topological polar surface area (TPSA) is 29.1 Å². The van der Waals surface area contributed by atoms with Crippen LogP contribution in [0.2, 0.25) is 0 Å². The van der Waals surface area contributed by atoms with E-state index < -0.39 is 0 Å². The summed E-state index contributed by atoms with van der Waals surface area (Å²) in [7, 11) is 0. The van der Waals surface area contributed by atoms with Gasteiger partial charge in [-0.2, -0.15) is 0 Å². The molecule has 0 aliphatic heterocycles. The lowest BCUT2D eigenvalue weighted by Gasteiger charge is -2.08. The average Bonchev–Trinajstić information content (AvgIpc) is 2.63. The van der Waals surface area contributed by atoms with E-state index in [1.807, 2.05) is 6.07 Å². The highest BCUT2D eigenvalue weighted by Gasteiger charge is 2.05. The minimum absolute atomic E-state index is 0.136. The molecule has 0 saturated heterocycles. The number of amides is 1. The lowest BCUT2D eigenvalue weighted by atomic mass is 10.0. The molecule has 0 unspecified atom stereocenters. The van der Waals surface area contributed by atoms with Gasteiger partial charge in [0, 0.05) is 13.0 Å². The first-order valence-electron chi connectivity index (χ1n) is 9.01. The van der Waals surface area contributed by atoms with Gasteiger partial charge in [0.15, 0.2) is 0 Å². The average molecular weight is 331 g/mol. The van der Waals surface area contributed by atoms with Crippen LogP contribution in [-0.4, -0.2) is 12.5 Å². The summed E-state index contributed by atoms with van der Waals surface area (Å²) in [4.78, 5) is 12.1. The van der Waals surface area contributed by atoms with Crippen LogP contribution in [0.15, 0.2) is 66.7 Å². The zero-order valence-electron chi connectivity index (χ0n) is 14.8. The molecular formula is C23H25NO. The maximum Gasteiger partial charge on any atom is 0.220 e. The Bertz CT molecular complexity index is 848. The largest absolute Gasteiger partial charge is 0.356 e. The summed E-state index contributed by atoms with van der Waals surface area (Å²) < 4.78 is 0. The molecule has 0 aromatic heterocycles. The van der Waals surface area contributed by atoms with Crippen molar-refractivity contribution in [2.75, 3.05) is 6.54 Å². The Balaban J connectivity index is 1.43. The summed E-state index contributed by atoms with van der Waals surface area (Å²) in [5, 5.41) is 5.53. The van der Waals surface area contributed by atoms with E-state index in [0.29, 0.717) is 6.42 Å². The predicted octanol–water partition coefficient (Wildman–Crippen LogP) is 4.83. The monoisotopic (exact) mass is 331 g/mol. The molecule has 3 rings (SSSR count). The van der Waals surface area contributed by atoms with Gasteiger partial charge in [-0.25, -0.2) is 0 Å². The molecule has 1 amide bonds. The highest BCUT2D eigenvalue weighted by Crippen LogP contribution is 2.19. The second-order valence-corrected chi connectivity index (χ2v) is 6.58. The normalized spacial score (nSPS) is 10.8. The first-order chi connectivity index (χ1) is 12.2. The smallest absolute Gasteiger partial charge is 0.220 e.